The Morgan fingerprint density at radius 1 is 1.29 bits per heavy atom. The molecular weight excluding hydrogens is 264 g/mol. The molecule has 3 N–H and O–H groups in total. The number of aliphatic hydroxyl groups is 1. The predicted molar refractivity (Wildman–Crippen MR) is 83.5 cm³/mol. The molecule has 2 aliphatic rings. The fourth-order valence-electron chi connectivity index (χ4n) is 3.01. The van der Waals surface area contributed by atoms with Gasteiger partial charge in [0.25, 0.3) is 5.91 Å². The van der Waals surface area contributed by atoms with Gasteiger partial charge >= 0.3 is 0 Å². The normalized spacial score (nSPS) is 17.9. The first-order valence-electron chi connectivity index (χ1n) is 7.96. The number of carbonyl (C=O) groups is 1. The highest BCUT2D eigenvalue weighted by Gasteiger charge is 2.41. The molecule has 0 unspecified atom stereocenters. The molecule has 0 aliphatic heterocycles. The zero-order valence-corrected chi connectivity index (χ0v) is 12.6. The predicted octanol–water partition coefficient (Wildman–Crippen LogP) is 2.32. The Kier molecular flexibility index (Phi) is 4.15. The highest BCUT2D eigenvalue weighted by molar-refractivity contribution is 5.97. The van der Waals surface area contributed by atoms with Gasteiger partial charge in [-0.15, -0.1) is 0 Å². The fourth-order valence-corrected chi connectivity index (χ4v) is 3.01. The second kappa shape index (κ2) is 6.06. The van der Waals surface area contributed by atoms with E-state index in [9.17, 15) is 4.79 Å². The molecule has 21 heavy (non-hydrogen) atoms. The van der Waals surface area contributed by atoms with Crippen LogP contribution in [0.4, 0.5) is 5.69 Å². The van der Waals surface area contributed by atoms with Crippen LogP contribution >= 0.6 is 0 Å². The first-order chi connectivity index (χ1) is 10.2. The molecule has 1 aromatic carbocycles. The number of amides is 1. The molecule has 1 aromatic rings. The topological polar surface area (TPSA) is 61.4 Å². The summed E-state index contributed by atoms with van der Waals surface area (Å²) < 4.78 is 0. The van der Waals surface area contributed by atoms with Gasteiger partial charge in [0, 0.05) is 23.8 Å². The van der Waals surface area contributed by atoms with Crippen LogP contribution in [-0.4, -0.2) is 30.2 Å². The lowest BCUT2D eigenvalue weighted by Gasteiger charge is -2.21. The van der Waals surface area contributed by atoms with Crippen LogP contribution in [0.1, 0.15) is 41.6 Å². The standard InChI is InChI=1S/C17H24N2O2/c1-11-14(17(21)18-9-10-20)3-2-4-15(11)19-16(12-5-6-12)13-7-8-13/h2-4,12-13,16,19-20H,5-10H2,1H3,(H,18,21). The summed E-state index contributed by atoms with van der Waals surface area (Å²) in [6.07, 6.45) is 5.35. The van der Waals surface area contributed by atoms with Crippen LogP contribution in [0.5, 0.6) is 0 Å². The largest absolute Gasteiger partial charge is 0.395 e. The summed E-state index contributed by atoms with van der Waals surface area (Å²) in [6, 6.07) is 6.42. The Labute approximate surface area is 125 Å². The summed E-state index contributed by atoms with van der Waals surface area (Å²) in [4.78, 5) is 12.1. The van der Waals surface area contributed by atoms with Gasteiger partial charge in [0.15, 0.2) is 0 Å². The third-order valence-corrected chi connectivity index (χ3v) is 4.56. The third-order valence-electron chi connectivity index (χ3n) is 4.56. The number of hydrogen-bond donors (Lipinski definition) is 3. The van der Waals surface area contributed by atoms with E-state index in [0.29, 0.717) is 18.2 Å². The molecule has 2 saturated carbocycles. The molecule has 114 valence electrons. The van der Waals surface area contributed by atoms with Gasteiger partial charge < -0.3 is 15.7 Å². The maximum absolute atomic E-state index is 12.1. The van der Waals surface area contributed by atoms with Gasteiger partial charge in [-0.3, -0.25) is 4.79 Å². The Bertz CT molecular complexity index is 510. The van der Waals surface area contributed by atoms with E-state index < -0.39 is 0 Å². The molecule has 2 fully saturated rings. The number of hydrogen-bond acceptors (Lipinski definition) is 3. The van der Waals surface area contributed by atoms with Gasteiger partial charge in [-0.2, -0.15) is 0 Å². The minimum Gasteiger partial charge on any atom is -0.395 e. The summed E-state index contributed by atoms with van der Waals surface area (Å²) >= 11 is 0. The maximum Gasteiger partial charge on any atom is 0.251 e. The van der Waals surface area contributed by atoms with E-state index in [4.69, 9.17) is 5.11 Å². The smallest absolute Gasteiger partial charge is 0.251 e. The van der Waals surface area contributed by atoms with Gasteiger partial charge in [0.05, 0.1) is 6.61 Å². The van der Waals surface area contributed by atoms with Crippen molar-refractivity contribution in [3.05, 3.63) is 29.3 Å². The van der Waals surface area contributed by atoms with E-state index in [0.717, 1.165) is 23.1 Å². The fraction of sp³-hybridized carbons (Fsp3) is 0.588. The van der Waals surface area contributed by atoms with Crippen LogP contribution in [0.15, 0.2) is 18.2 Å². The van der Waals surface area contributed by atoms with Gasteiger partial charge in [-0.25, -0.2) is 0 Å². The van der Waals surface area contributed by atoms with E-state index in [-0.39, 0.29) is 12.5 Å². The van der Waals surface area contributed by atoms with Crippen molar-refractivity contribution in [3.63, 3.8) is 0 Å². The molecule has 3 rings (SSSR count). The summed E-state index contributed by atoms with van der Waals surface area (Å²) in [5.74, 6) is 1.53. The molecule has 0 bridgehead atoms. The number of nitrogens with one attached hydrogen (secondary N) is 2. The third kappa shape index (κ3) is 3.38. The minimum absolute atomic E-state index is 0.0336. The lowest BCUT2D eigenvalue weighted by Crippen LogP contribution is -2.28. The van der Waals surface area contributed by atoms with Crippen molar-refractivity contribution < 1.29 is 9.90 Å². The molecule has 4 heteroatoms. The van der Waals surface area contributed by atoms with Crippen LogP contribution < -0.4 is 10.6 Å². The lowest BCUT2D eigenvalue weighted by molar-refractivity contribution is 0.0944. The first kappa shape index (κ1) is 14.4. The highest BCUT2D eigenvalue weighted by Crippen LogP contribution is 2.46. The van der Waals surface area contributed by atoms with Crippen LogP contribution in [0.2, 0.25) is 0 Å². The zero-order chi connectivity index (χ0) is 14.8. The molecule has 0 spiro atoms. The molecule has 0 heterocycles. The molecule has 0 aromatic heterocycles. The van der Waals surface area contributed by atoms with Crippen molar-refractivity contribution in [3.8, 4) is 0 Å². The zero-order valence-electron chi connectivity index (χ0n) is 12.6. The van der Waals surface area contributed by atoms with Crippen molar-refractivity contribution in [1.29, 1.82) is 0 Å². The molecular formula is C17H24N2O2. The molecule has 0 atom stereocenters. The Balaban J connectivity index is 1.74. The number of anilines is 1. The quantitative estimate of drug-likeness (QED) is 0.721. The summed E-state index contributed by atoms with van der Waals surface area (Å²) in [5, 5.41) is 15.2. The van der Waals surface area contributed by atoms with E-state index in [1.807, 2.05) is 19.1 Å². The average Bonchev–Trinajstić information content (AvgIpc) is 3.37. The first-order valence-corrected chi connectivity index (χ1v) is 7.96. The van der Waals surface area contributed by atoms with E-state index >= 15 is 0 Å². The number of carbonyl (C=O) groups excluding carboxylic acids is 1. The maximum atomic E-state index is 12.1. The molecule has 0 radical (unpaired) electrons. The van der Waals surface area contributed by atoms with Gasteiger partial charge in [-0.1, -0.05) is 6.07 Å². The Hall–Kier alpha value is -1.55. The van der Waals surface area contributed by atoms with Crippen LogP contribution in [0, 0.1) is 18.8 Å². The molecule has 2 aliphatic carbocycles. The summed E-state index contributed by atoms with van der Waals surface area (Å²) in [6.45, 7) is 2.25. The number of benzene rings is 1. The SMILES string of the molecule is Cc1c(NC(C2CC2)C2CC2)cccc1C(=O)NCCO. The lowest BCUT2D eigenvalue weighted by atomic mass is 10.0. The Morgan fingerprint density at radius 3 is 2.52 bits per heavy atom. The van der Waals surface area contributed by atoms with Crippen LogP contribution in [0.25, 0.3) is 0 Å². The number of aliphatic hydroxyl groups excluding tert-OH is 1. The van der Waals surface area contributed by atoms with Crippen LogP contribution in [0.3, 0.4) is 0 Å². The van der Waals surface area contributed by atoms with Crippen molar-refractivity contribution in [2.75, 3.05) is 18.5 Å². The van der Waals surface area contributed by atoms with Gasteiger partial charge in [-0.05, 0) is 62.1 Å². The van der Waals surface area contributed by atoms with Gasteiger partial charge in [0.1, 0.15) is 0 Å². The second-order valence-electron chi connectivity index (χ2n) is 6.30. The number of rotatable bonds is 7. The molecule has 4 nitrogen and oxygen atoms in total. The van der Waals surface area contributed by atoms with E-state index in [1.165, 1.54) is 25.7 Å². The van der Waals surface area contributed by atoms with Crippen molar-refractivity contribution in [1.82, 2.24) is 5.32 Å². The van der Waals surface area contributed by atoms with E-state index in [1.54, 1.807) is 0 Å². The van der Waals surface area contributed by atoms with E-state index in [2.05, 4.69) is 16.7 Å². The minimum atomic E-state index is -0.111. The summed E-state index contributed by atoms with van der Waals surface area (Å²) in [7, 11) is 0. The highest BCUT2D eigenvalue weighted by atomic mass is 16.3. The summed E-state index contributed by atoms with van der Waals surface area (Å²) in [5.41, 5.74) is 2.77. The van der Waals surface area contributed by atoms with Crippen LogP contribution in [-0.2, 0) is 0 Å². The molecule has 1 amide bonds. The Morgan fingerprint density at radius 2 is 1.95 bits per heavy atom. The average molecular weight is 288 g/mol. The monoisotopic (exact) mass is 288 g/mol. The molecule has 0 saturated heterocycles. The van der Waals surface area contributed by atoms with Gasteiger partial charge in [0.2, 0.25) is 0 Å². The van der Waals surface area contributed by atoms with Crippen molar-refractivity contribution >= 4 is 11.6 Å². The van der Waals surface area contributed by atoms with Crippen molar-refractivity contribution in [2.24, 2.45) is 11.8 Å². The van der Waals surface area contributed by atoms with Crippen molar-refractivity contribution in [2.45, 2.75) is 38.6 Å². The second-order valence-corrected chi connectivity index (χ2v) is 6.30.